The second-order valence-electron chi connectivity index (χ2n) is 3.56. The Hall–Kier alpha value is -0.390. The van der Waals surface area contributed by atoms with Gasteiger partial charge in [0, 0.05) is 22.4 Å². The van der Waals surface area contributed by atoms with Crippen molar-refractivity contribution in [1.82, 2.24) is 10.6 Å². The molecule has 3 nitrogen and oxygen atoms in total. The van der Waals surface area contributed by atoms with E-state index in [1.54, 1.807) is 11.3 Å². The molecule has 0 aromatic carbocycles. The highest BCUT2D eigenvalue weighted by Gasteiger charge is 2.21. The monoisotopic (exact) mass is 288 g/mol. The average molecular weight is 289 g/mol. The molecule has 0 saturated carbocycles. The third kappa shape index (κ3) is 2.80. The number of carbonyl (C=O) groups excluding carboxylic acids is 1. The number of nitrogens with one attached hydrogen (secondary N) is 2. The van der Waals surface area contributed by atoms with Gasteiger partial charge in [-0.3, -0.25) is 4.79 Å². The summed E-state index contributed by atoms with van der Waals surface area (Å²) in [6.45, 7) is 1.58. The fourth-order valence-electron chi connectivity index (χ4n) is 1.63. The van der Waals surface area contributed by atoms with Crippen LogP contribution in [0.4, 0.5) is 0 Å². The summed E-state index contributed by atoms with van der Waals surface area (Å²) in [5.41, 5.74) is 0. The number of rotatable bonds is 3. The van der Waals surface area contributed by atoms with Crippen molar-refractivity contribution in [2.24, 2.45) is 0 Å². The van der Waals surface area contributed by atoms with Crippen molar-refractivity contribution < 1.29 is 4.79 Å². The zero-order valence-corrected chi connectivity index (χ0v) is 10.7. The van der Waals surface area contributed by atoms with Crippen LogP contribution in [0.15, 0.2) is 15.9 Å². The van der Waals surface area contributed by atoms with E-state index in [1.165, 1.54) is 4.88 Å². The predicted octanol–water partition coefficient (Wildman–Crippen LogP) is 1.88. The van der Waals surface area contributed by atoms with Crippen molar-refractivity contribution in [3.05, 3.63) is 20.8 Å². The molecule has 5 heteroatoms. The van der Waals surface area contributed by atoms with E-state index in [0.717, 1.165) is 30.4 Å². The minimum Gasteiger partial charge on any atom is -0.355 e. The lowest BCUT2D eigenvalue weighted by atomic mass is 10.1. The number of hydrogen-bond acceptors (Lipinski definition) is 3. The van der Waals surface area contributed by atoms with Crippen LogP contribution in [0.1, 0.15) is 17.7 Å². The van der Waals surface area contributed by atoms with Gasteiger partial charge in [-0.1, -0.05) is 0 Å². The zero-order valence-electron chi connectivity index (χ0n) is 8.25. The normalized spacial score (nSPS) is 21.4. The highest BCUT2D eigenvalue weighted by atomic mass is 79.9. The molecule has 2 rings (SSSR count). The Bertz CT molecular complexity index is 353. The largest absolute Gasteiger partial charge is 0.355 e. The van der Waals surface area contributed by atoms with E-state index in [4.69, 9.17) is 0 Å². The average Bonchev–Trinajstić information content (AvgIpc) is 2.63. The van der Waals surface area contributed by atoms with Crippen LogP contribution in [0.5, 0.6) is 0 Å². The summed E-state index contributed by atoms with van der Waals surface area (Å²) in [4.78, 5) is 12.7. The molecule has 82 valence electrons. The Morgan fingerprint density at radius 2 is 2.53 bits per heavy atom. The van der Waals surface area contributed by atoms with Gasteiger partial charge in [-0.2, -0.15) is 0 Å². The van der Waals surface area contributed by atoms with E-state index >= 15 is 0 Å². The molecule has 1 atom stereocenters. The number of halogens is 1. The Kier molecular flexibility index (Phi) is 3.77. The van der Waals surface area contributed by atoms with Gasteiger partial charge in [0.2, 0.25) is 5.91 Å². The fraction of sp³-hybridized carbons (Fsp3) is 0.500. The van der Waals surface area contributed by atoms with Gasteiger partial charge in [0.25, 0.3) is 0 Å². The van der Waals surface area contributed by atoms with Crippen LogP contribution in [-0.4, -0.2) is 18.5 Å². The van der Waals surface area contributed by atoms with E-state index in [-0.39, 0.29) is 11.9 Å². The van der Waals surface area contributed by atoms with E-state index < -0.39 is 0 Å². The molecule has 0 spiro atoms. The first-order chi connectivity index (χ1) is 7.27. The minimum atomic E-state index is -0.0206. The summed E-state index contributed by atoms with van der Waals surface area (Å²) >= 11 is 5.17. The second kappa shape index (κ2) is 5.09. The van der Waals surface area contributed by atoms with Gasteiger partial charge >= 0.3 is 0 Å². The van der Waals surface area contributed by atoms with Gasteiger partial charge in [0.15, 0.2) is 0 Å². The number of thiophene rings is 1. The van der Waals surface area contributed by atoms with Crippen molar-refractivity contribution in [1.29, 1.82) is 0 Å². The van der Waals surface area contributed by atoms with Crippen LogP contribution in [0.2, 0.25) is 0 Å². The van der Waals surface area contributed by atoms with Gasteiger partial charge in [0.05, 0.1) is 6.04 Å². The molecule has 0 radical (unpaired) electrons. The van der Waals surface area contributed by atoms with Crippen LogP contribution < -0.4 is 10.6 Å². The molecule has 1 saturated heterocycles. The molecule has 1 aromatic rings. The molecule has 0 bridgehead atoms. The summed E-state index contributed by atoms with van der Waals surface area (Å²) in [5.74, 6) is 0.133. The molecule has 2 heterocycles. The zero-order chi connectivity index (χ0) is 10.7. The molecule has 1 aliphatic rings. The number of piperidine rings is 1. The number of amides is 1. The van der Waals surface area contributed by atoms with Crippen molar-refractivity contribution in [2.75, 3.05) is 6.54 Å². The minimum absolute atomic E-state index is 0.0206. The van der Waals surface area contributed by atoms with Crippen LogP contribution in [0.25, 0.3) is 0 Å². The summed E-state index contributed by atoms with van der Waals surface area (Å²) in [5, 5.41) is 8.19. The van der Waals surface area contributed by atoms with Crippen LogP contribution >= 0.6 is 27.3 Å². The quantitative estimate of drug-likeness (QED) is 0.892. The summed E-state index contributed by atoms with van der Waals surface area (Å²) < 4.78 is 1.12. The maximum atomic E-state index is 11.5. The molecule has 1 aromatic heterocycles. The summed E-state index contributed by atoms with van der Waals surface area (Å²) in [7, 11) is 0. The third-order valence-corrected chi connectivity index (χ3v) is 4.41. The molecule has 1 aliphatic heterocycles. The standard InChI is InChI=1S/C10H13BrN2OS/c11-7-3-5-15-9(7)6-13-8-2-1-4-12-10(8)14/h3,5,8,13H,1-2,4,6H2,(H,12,14). The fourth-order valence-corrected chi connectivity index (χ4v) is 3.08. The molecule has 1 amide bonds. The third-order valence-electron chi connectivity index (χ3n) is 2.49. The van der Waals surface area contributed by atoms with Crippen molar-refractivity contribution in [3.63, 3.8) is 0 Å². The maximum Gasteiger partial charge on any atom is 0.237 e. The van der Waals surface area contributed by atoms with Crippen molar-refractivity contribution >= 4 is 33.2 Å². The smallest absolute Gasteiger partial charge is 0.237 e. The Morgan fingerprint density at radius 1 is 1.67 bits per heavy atom. The molecule has 1 unspecified atom stereocenters. The van der Waals surface area contributed by atoms with Crippen LogP contribution in [0.3, 0.4) is 0 Å². The highest BCUT2D eigenvalue weighted by molar-refractivity contribution is 9.10. The molecular weight excluding hydrogens is 276 g/mol. The van der Waals surface area contributed by atoms with E-state index in [2.05, 4.69) is 26.6 Å². The lowest BCUT2D eigenvalue weighted by Crippen LogP contribution is -2.47. The summed E-state index contributed by atoms with van der Waals surface area (Å²) in [6.07, 6.45) is 2.00. The number of carbonyl (C=O) groups is 1. The van der Waals surface area contributed by atoms with Crippen LogP contribution in [-0.2, 0) is 11.3 Å². The Morgan fingerprint density at radius 3 is 3.20 bits per heavy atom. The molecule has 0 aliphatic carbocycles. The number of hydrogen-bond donors (Lipinski definition) is 2. The van der Waals surface area contributed by atoms with Crippen LogP contribution in [0, 0.1) is 0 Å². The lowest BCUT2D eigenvalue weighted by Gasteiger charge is -2.22. The first-order valence-corrected chi connectivity index (χ1v) is 6.67. The van der Waals surface area contributed by atoms with Gasteiger partial charge < -0.3 is 10.6 Å². The van der Waals surface area contributed by atoms with Gasteiger partial charge in [-0.25, -0.2) is 0 Å². The molecule has 15 heavy (non-hydrogen) atoms. The first-order valence-electron chi connectivity index (χ1n) is 5.00. The Balaban J connectivity index is 1.87. The van der Waals surface area contributed by atoms with Gasteiger partial charge in [-0.05, 0) is 40.2 Å². The summed E-state index contributed by atoms with van der Waals surface area (Å²) in [6, 6.07) is 2.01. The highest BCUT2D eigenvalue weighted by Crippen LogP contribution is 2.22. The molecule has 2 N–H and O–H groups in total. The van der Waals surface area contributed by atoms with E-state index in [1.807, 2.05) is 11.4 Å². The predicted molar refractivity (Wildman–Crippen MR) is 64.9 cm³/mol. The molecular formula is C10H13BrN2OS. The van der Waals surface area contributed by atoms with E-state index in [9.17, 15) is 4.79 Å². The van der Waals surface area contributed by atoms with Gasteiger partial charge in [0.1, 0.15) is 0 Å². The van der Waals surface area contributed by atoms with E-state index in [0.29, 0.717) is 0 Å². The van der Waals surface area contributed by atoms with Crippen molar-refractivity contribution in [2.45, 2.75) is 25.4 Å². The topological polar surface area (TPSA) is 41.1 Å². The first kappa shape index (κ1) is 11.1. The maximum absolute atomic E-state index is 11.5. The second-order valence-corrected chi connectivity index (χ2v) is 5.41. The Labute approximate surface area is 101 Å². The van der Waals surface area contributed by atoms with Crippen molar-refractivity contribution in [3.8, 4) is 0 Å². The SMILES string of the molecule is O=C1NCCCC1NCc1sccc1Br. The molecule has 1 fully saturated rings. The van der Waals surface area contributed by atoms with Gasteiger partial charge in [-0.15, -0.1) is 11.3 Å². The lowest BCUT2D eigenvalue weighted by molar-refractivity contribution is -0.124.